The minimum Gasteiger partial charge on any atom is -0.364 e. The van der Waals surface area contributed by atoms with Gasteiger partial charge in [0.1, 0.15) is 5.82 Å². The van der Waals surface area contributed by atoms with Gasteiger partial charge in [-0.3, -0.25) is 4.90 Å². The average Bonchev–Trinajstić information content (AvgIpc) is 3.41. The number of fused-ring (bicyclic) bond motifs is 2. The second-order valence-corrected chi connectivity index (χ2v) is 8.93. The van der Waals surface area contributed by atoms with E-state index in [0.717, 1.165) is 36.1 Å². The molecule has 160 valence electrons. The topological polar surface area (TPSA) is 57.2 Å². The van der Waals surface area contributed by atoms with Crippen LogP contribution in [-0.2, 0) is 0 Å². The third-order valence-corrected chi connectivity index (χ3v) is 6.57. The summed E-state index contributed by atoms with van der Waals surface area (Å²) in [5.74, 6) is 1.69. The molecule has 4 heterocycles. The zero-order valence-electron chi connectivity index (χ0n) is 18.4. The summed E-state index contributed by atoms with van der Waals surface area (Å²) >= 11 is 0. The number of benzene rings is 1. The zero-order valence-corrected chi connectivity index (χ0v) is 18.4. The second kappa shape index (κ2) is 8.27. The first-order valence-corrected chi connectivity index (χ1v) is 11.2. The lowest BCUT2D eigenvalue weighted by Crippen LogP contribution is -2.49. The van der Waals surface area contributed by atoms with Gasteiger partial charge in [-0.1, -0.05) is 30.3 Å². The van der Waals surface area contributed by atoms with Crippen molar-refractivity contribution in [2.45, 2.75) is 51.4 Å². The van der Waals surface area contributed by atoms with Crippen molar-refractivity contribution in [3.63, 3.8) is 0 Å². The third kappa shape index (κ3) is 4.00. The molecule has 1 aromatic carbocycles. The van der Waals surface area contributed by atoms with Crippen LogP contribution in [0.5, 0.6) is 0 Å². The van der Waals surface area contributed by atoms with Gasteiger partial charge in [-0.25, -0.2) is 15.0 Å². The molecule has 0 aliphatic carbocycles. The van der Waals surface area contributed by atoms with Crippen LogP contribution in [0.1, 0.15) is 38.8 Å². The van der Waals surface area contributed by atoms with E-state index in [1.807, 2.05) is 30.6 Å². The van der Waals surface area contributed by atoms with Crippen molar-refractivity contribution >= 4 is 11.8 Å². The minimum atomic E-state index is 0.175. The Morgan fingerprint density at radius 2 is 1.74 bits per heavy atom. The van der Waals surface area contributed by atoms with Gasteiger partial charge in [0, 0.05) is 55.2 Å². The molecule has 2 saturated heterocycles. The van der Waals surface area contributed by atoms with Crippen LogP contribution in [0.3, 0.4) is 0 Å². The standard InChI is InChI=1S/C25H30N6/c1-17(2)30-15-22-14-21(30)16-31(22)25-27-12-10-23(29-25)20-9-11-26-24(13-20)28-18(3)19-7-5-4-6-8-19/h4-13,17-18,21-22H,14-16H2,1-3H3,(H,26,28)/t18-,21?,22?/m0/s1. The van der Waals surface area contributed by atoms with Gasteiger partial charge in [0.05, 0.1) is 5.69 Å². The number of piperazine rings is 1. The van der Waals surface area contributed by atoms with Crippen LogP contribution in [0, 0.1) is 0 Å². The van der Waals surface area contributed by atoms with Crippen LogP contribution in [0.15, 0.2) is 60.9 Å². The fourth-order valence-corrected chi connectivity index (χ4v) is 4.94. The van der Waals surface area contributed by atoms with Crippen LogP contribution in [0.25, 0.3) is 11.3 Å². The number of hydrogen-bond acceptors (Lipinski definition) is 6. The van der Waals surface area contributed by atoms with Crippen LogP contribution < -0.4 is 10.2 Å². The molecule has 0 radical (unpaired) electrons. The van der Waals surface area contributed by atoms with Crippen molar-refractivity contribution in [3.8, 4) is 11.3 Å². The first-order valence-electron chi connectivity index (χ1n) is 11.2. The van der Waals surface area contributed by atoms with Crippen LogP contribution in [0.4, 0.5) is 11.8 Å². The highest BCUT2D eigenvalue weighted by molar-refractivity contribution is 5.64. The van der Waals surface area contributed by atoms with Crippen molar-refractivity contribution in [3.05, 3.63) is 66.5 Å². The van der Waals surface area contributed by atoms with Gasteiger partial charge in [0.25, 0.3) is 0 Å². The Balaban J connectivity index is 1.33. The average molecular weight is 415 g/mol. The lowest BCUT2D eigenvalue weighted by atomic mass is 10.1. The number of anilines is 2. The zero-order chi connectivity index (χ0) is 21.4. The maximum atomic E-state index is 4.93. The molecule has 2 aliphatic rings. The van der Waals surface area contributed by atoms with Gasteiger partial charge >= 0.3 is 0 Å². The molecular weight excluding hydrogens is 384 g/mol. The molecule has 2 aliphatic heterocycles. The predicted molar refractivity (Wildman–Crippen MR) is 125 cm³/mol. The third-order valence-electron chi connectivity index (χ3n) is 6.57. The fourth-order valence-electron chi connectivity index (χ4n) is 4.94. The summed E-state index contributed by atoms with van der Waals surface area (Å²) in [6, 6.07) is 18.4. The quantitative estimate of drug-likeness (QED) is 0.646. The molecule has 2 fully saturated rings. The molecule has 1 N–H and O–H groups in total. The van der Waals surface area contributed by atoms with E-state index in [1.165, 1.54) is 12.0 Å². The molecule has 6 heteroatoms. The molecular formula is C25H30N6. The smallest absolute Gasteiger partial charge is 0.226 e. The lowest BCUT2D eigenvalue weighted by Gasteiger charge is -2.36. The number of pyridine rings is 1. The van der Waals surface area contributed by atoms with E-state index in [2.05, 4.69) is 76.2 Å². The normalized spacial score (nSPS) is 21.6. The van der Waals surface area contributed by atoms with Gasteiger partial charge < -0.3 is 10.2 Å². The van der Waals surface area contributed by atoms with Crippen molar-refractivity contribution in [2.24, 2.45) is 0 Å². The molecule has 0 saturated carbocycles. The van der Waals surface area contributed by atoms with Gasteiger partial charge in [-0.05, 0) is 51.0 Å². The van der Waals surface area contributed by atoms with Crippen molar-refractivity contribution < 1.29 is 0 Å². The Morgan fingerprint density at radius 1 is 0.935 bits per heavy atom. The molecule has 5 rings (SSSR count). The Morgan fingerprint density at radius 3 is 2.48 bits per heavy atom. The maximum Gasteiger partial charge on any atom is 0.226 e. The van der Waals surface area contributed by atoms with E-state index < -0.39 is 0 Å². The van der Waals surface area contributed by atoms with Crippen LogP contribution in [-0.4, -0.2) is 51.1 Å². The van der Waals surface area contributed by atoms with Crippen molar-refractivity contribution in [2.75, 3.05) is 23.3 Å². The maximum absolute atomic E-state index is 4.93. The molecule has 0 amide bonds. The number of nitrogens with one attached hydrogen (secondary N) is 1. The fraction of sp³-hybridized carbons (Fsp3) is 0.400. The SMILES string of the molecule is CC(C)N1CC2CC1CN2c1nccc(-c2ccnc(N[C@@H](C)c3ccccc3)c2)n1. The van der Waals surface area contributed by atoms with Crippen LogP contribution in [0.2, 0.25) is 0 Å². The van der Waals surface area contributed by atoms with E-state index in [4.69, 9.17) is 4.98 Å². The van der Waals surface area contributed by atoms with Crippen LogP contribution >= 0.6 is 0 Å². The highest BCUT2D eigenvalue weighted by Crippen LogP contribution is 2.34. The van der Waals surface area contributed by atoms with Crippen molar-refractivity contribution in [1.82, 2.24) is 19.9 Å². The molecule has 6 nitrogen and oxygen atoms in total. The molecule has 3 atom stereocenters. The minimum absolute atomic E-state index is 0.175. The summed E-state index contributed by atoms with van der Waals surface area (Å²) in [5, 5.41) is 3.50. The highest BCUT2D eigenvalue weighted by atomic mass is 15.4. The summed E-state index contributed by atoms with van der Waals surface area (Å²) in [4.78, 5) is 19.1. The first-order chi connectivity index (χ1) is 15.1. The van der Waals surface area contributed by atoms with Gasteiger partial charge in [-0.2, -0.15) is 0 Å². The predicted octanol–water partition coefficient (Wildman–Crippen LogP) is 4.38. The summed E-state index contributed by atoms with van der Waals surface area (Å²) in [6.07, 6.45) is 4.94. The molecule has 0 spiro atoms. The highest BCUT2D eigenvalue weighted by Gasteiger charge is 2.44. The van der Waals surface area contributed by atoms with E-state index in [9.17, 15) is 0 Å². The Hall–Kier alpha value is -2.99. The van der Waals surface area contributed by atoms with E-state index in [0.29, 0.717) is 18.1 Å². The number of rotatable bonds is 6. The van der Waals surface area contributed by atoms with E-state index in [1.54, 1.807) is 0 Å². The molecule has 3 aromatic rings. The van der Waals surface area contributed by atoms with E-state index >= 15 is 0 Å². The van der Waals surface area contributed by atoms with Gasteiger partial charge in [-0.15, -0.1) is 0 Å². The van der Waals surface area contributed by atoms with E-state index in [-0.39, 0.29) is 6.04 Å². The van der Waals surface area contributed by atoms with Gasteiger partial charge in [0.2, 0.25) is 5.95 Å². The Bertz CT molecular complexity index is 1040. The molecule has 2 aromatic heterocycles. The van der Waals surface area contributed by atoms with Crippen molar-refractivity contribution in [1.29, 1.82) is 0 Å². The largest absolute Gasteiger partial charge is 0.364 e. The number of likely N-dealkylation sites (tertiary alicyclic amines) is 1. The summed E-state index contributed by atoms with van der Waals surface area (Å²) < 4.78 is 0. The molecule has 2 unspecified atom stereocenters. The number of nitrogens with zero attached hydrogens (tertiary/aromatic N) is 5. The number of hydrogen-bond donors (Lipinski definition) is 1. The monoisotopic (exact) mass is 414 g/mol. The van der Waals surface area contributed by atoms with Gasteiger partial charge in [0.15, 0.2) is 0 Å². The summed E-state index contributed by atoms with van der Waals surface area (Å²) in [5.41, 5.74) is 3.22. The number of aromatic nitrogens is 3. The first kappa shape index (κ1) is 19.9. The molecule has 31 heavy (non-hydrogen) atoms. The summed E-state index contributed by atoms with van der Waals surface area (Å²) in [6.45, 7) is 8.85. The molecule has 2 bridgehead atoms. The summed E-state index contributed by atoms with van der Waals surface area (Å²) in [7, 11) is 0. The Kier molecular flexibility index (Phi) is 5.32. The second-order valence-electron chi connectivity index (χ2n) is 8.93. The Labute approximate surface area is 184 Å². The lowest BCUT2D eigenvalue weighted by molar-refractivity contribution is 0.190.